The minimum absolute atomic E-state index is 0.0320. The fourth-order valence-corrected chi connectivity index (χ4v) is 3.03. The molecule has 0 bridgehead atoms. The van der Waals surface area contributed by atoms with Crippen LogP contribution in [0.4, 0.5) is 5.69 Å². The molecule has 2 aliphatic heterocycles. The van der Waals surface area contributed by atoms with E-state index in [1.54, 1.807) is 28.0 Å². The molecule has 0 atom stereocenters. The zero-order valence-electron chi connectivity index (χ0n) is 14.6. The van der Waals surface area contributed by atoms with Crippen LogP contribution < -0.4 is 10.1 Å². The molecule has 0 unspecified atom stereocenters. The van der Waals surface area contributed by atoms with Gasteiger partial charge in [-0.2, -0.15) is 0 Å². The van der Waals surface area contributed by atoms with Crippen LogP contribution in [0.3, 0.4) is 0 Å². The molecule has 7 nitrogen and oxygen atoms in total. The van der Waals surface area contributed by atoms with Gasteiger partial charge in [0.15, 0.2) is 0 Å². The highest BCUT2D eigenvalue weighted by Gasteiger charge is 2.26. The van der Waals surface area contributed by atoms with Crippen molar-refractivity contribution in [1.82, 2.24) is 9.80 Å². The Morgan fingerprint density at radius 3 is 2.48 bits per heavy atom. The summed E-state index contributed by atoms with van der Waals surface area (Å²) >= 11 is 0. The van der Waals surface area contributed by atoms with Crippen molar-refractivity contribution in [2.75, 3.05) is 38.1 Å². The van der Waals surface area contributed by atoms with E-state index in [9.17, 15) is 14.4 Å². The van der Waals surface area contributed by atoms with Crippen LogP contribution in [0.5, 0.6) is 5.75 Å². The van der Waals surface area contributed by atoms with Gasteiger partial charge in [-0.15, -0.1) is 0 Å². The maximum atomic E-state index is 12.7. The van der Waals surface area contributed by atoms with Crippen molar-refractivity contribution in [3.05, 3.63) is 23.8 Å². The molecule has 2 heterocycles. The van der Waals surface area contributed by atoms with Gasteiger partial charge in [0.2, 0.25) is 11.8 Å². The molecular weight excluding hydrogens is 322 g/mol. The van der Waals surface area contributed by atoms with Crippen LogP contribution in [0.15, 0.2) is 18.2 Å². The highest BCUT2D eigenvalue weighted by atomic mass is 16.5. The number of carbonyl (C=O) groups is 3. The monoisotopic (exact) mass is 345 g/mol. The molecule has 1 aromatic carbocycles. The normalized spacial score (nSPS) is 17.5. The summed E-state index contributed by atoms with van der Waals surface area (Å²) in [5.41, 5.74) is 1.04. The number of anilines is 1. The summed E-state index contributed by atoms with van der Waals surface area (Å²) < 4.78 is 5.51. The van der Waals surface area contributed by atoms with Crippen molar-refractivity contribution < 1.29 is 19.1 Å². The standard InChI is InChI=1S/C18H23N3O4/c1-12(2)17(23)20-6-8-21(9-7-20)18(24)13-3-4-15-14(11-13)19-16(22)5-10-25-15/h3-4,11-12H,5-10H2,1-2H3,(H,19,22). The van der Waals surface area contributed by atoms with E-state index >= 15 is 0 Å². The number of benzene rings is 1. The van der Waals surface area contributed by atoms with Gasteiger partial charge in [0.25, 0.3) is 5.91 Å². The molecule has 1 saturated heterocycles. The maximum absolute atomic E-state index is 12.7. The lowest BCUT2D eigenvalue weighted by atomic mass is 10.1. The van der Waals surface area contributed by atoms with Gasteiger partial charge in [-0.3, -0.25) is 14.4 Å². The van der Waals surface area contributed by atoms with E-state index in [0.29, 0.717) is 56.2 Å². The van der Waals surface area contributed by atoms with Gasteiger partial charge < -0.3 is 19.9 Å². The number of piperazine rings is 1. The Kier molecular flexibility index (Phi) is 4.92. The van der Waals surface area contributed by atoms with E-state index in [2.05, 4.69) is 5.32 Å². The number of carbonyl (C=O) groups excluding carboxylic acids is 3. The molecule has 25 heavy (non-hydrogen) atoms. The van der Waals surface area contributed by atoms with Gasteiger partial charge in [-0.1, -0.05) is 13.8 Å². The summed E-state index contributed by atoms with van der Waals surface area (Å²) in [5, 5.41) is 2.77. The van der Waals surface area contributed by atoms with Crippen LogP contribution in [0.25, 0.3) is 0 Å². The molecule has 0 saturated carbocycles. The van der Waals surface area contributed by atoms with Gasteiger partial charge in [-0.05, 0) is 18.2 Å². The van der Waals surface area contributed by atoms with Crippen molar-refractivity contribution in [3.63, 3.8) is 0 Å². The number of amides is 3. The van der Waals surface area contributed by atoms with E-state index in [-0.39, 0.29) is 23.6 Å². The number of hydrogen-bond donors (Lipinski definition) is 1. The Hall–Kier alpha value is -2.57. The third-order valence-electron chi connectivity index (χ3n) is 4.46. The number of nitrogens with zero attached hydrogens (tertiary/aromatic N) is 2. The molecule has 1 fully saturated rings. The van der Waals surface area contributed by atoms with Gasteiger partial charge in [0.05, 0.1) is 18.7 Å². The maximum Gasteiger partial charge on any atom is 0.254 e. The third-order valence-corrected chi connectivity index (χ3v) is 4.46. The van der Waals surface area contributed by atoms with Crippen molar-refractivity contribution in [2.45, 2.75) is 20.3 Å². The molecule has 0 aromatic heterocycles. The average Bonchev–Trinajstić information content (AvgIpc) is 2.80. The number of rotatable bonds is 2. The van der Waals surface area contributed by atoms with Gasteiger partial charge >= 0.3 is 0 Å². The van der Waals surface area contributed by atoms with E-state index < -0.39 is 0 Å². The fourth-order valence-electron chi connectivity index (χ4n) is 3.03. The summed E-state index contributed by atoms with van der Waals surface area (Å²) in [6, 6.07) is 5.09. The topological polar surface area (TPSA) is 79.0 Å². The van der Waals surface area contributed by atoms with Crippen molar-refractivity contribution >= 4 is 23.4 Å². The highest BCUT2D eigenvalue weighted by Crippen LogP contribution is 2.28. The molecule has 3 amide bonds. The SMILES string of the molecule is CC(C)C(=O)N1CCN(C(=O)c2ccc3c(c2)NC(=O)CCO3)CC1. The summed E-state index contributed by atoms with van der Waals surface area (Å²) in [5.74, 6) is 0.448. The molecule has 0 spiro atoms. The summed E-state index contributed by atoms with van der Waals surface area (Å²) in [7, 11) is 0. The number of fused-ring (bicyclic) bond motifs is 1. The molecule has 1 N–H and O–H groups in total. The Balaban J connectivity index is 1.68. The lowest BCUT2D eigenvalue weighted by molar-refractivity contribution is -0.135. The molecule has 7 heteroatoms. The first-order valence-corrected chi connectivity index (χ1v) is 8.60. The Morgan fingerprint density at radius 1 is 1.12 bits per heavy atom. The second kappa shape index (κ2) is 7.13. The first-order chi connectivity index (χ1) is 12.0. The van der Waals surface area contributed by atoms with Crippen LogP contribution in [-0.4, -0.2) is 60.3 Å². The van der Waals surface area contributed by atoms with Crippen LogP contribution in [-0.2, 0) is 9.59 Å². The quantitative estimate of drug-likeness (QED) is 0.877. The third kappa shape index (κ3) is 3.75. The summed E-state index contributed by atoms with van der Waals surface area (Å²) in [6.07, 6.45) is 0.295. The summed E-state index contributed by atoms with van der Waals surface area (Å²) in [4.78, 5) is 40.0. The minimum atomic E-state index is -0.121. The fraction of sp³-hybridized carbons (Fsp3) is 0.500. The molecule has 134 valence electrons. The molecule has 0 aliphatic carbocycles. The van der Waals surface area contributed by atoms with Crippen LogP contribution in [0.1, 0.15) is 30.6 Å². The number of hydrogen-bond acceptors (Lipinski definition) is 4. The van der Waals surface area contributed by atoms with E-state index in [4.69, 9.17) is 4.74 Å². The Morgan fingerprint density at radius 2 is 1.80 bits per heavy atom. The number of nitrogens with one attached hydrogen (secondary N) is 1. The lowest BCUT2D eigenvalue weighted by Crippen LogP contribution is -2.51. The molecule has 3 rings (SSSR count). The minimum Gasteiger partial charge on any atom is -0.491 e. The number of ether oxygens (including phenoxy) is 1. The average molecular weight is 345 g/mol. The Bertz CT molecular complexity index is 694. The van der Waals surface area contributed by atoms with Crippen molar-refractivity contribution in [1.29, 1.82) is 0 Å². The van der Waals surface area contributed by atoms with E-state index in [0.717, 1.165) is 0 Å². The molecule has 1 aromatic rings. The predicted octanol–water partition coefficient (Wildman–Crippen LogP) is 1.35. The van der Waals surface area contributed by atoms with Crippen LogP contribution >= 0.6 is 0 Å². The first kappa shape index (κ1) is 17.3. The zero-order chi connectivity index (χ0) is 18.0. The molecule has 2 aliphatic rings. The van der Waals surface area contributed by atoms with Crippen LogP contribution in [0, 0.1) is 5.92 Å². The first-order valence-electron chi connectivity index (χ1n) is 8.60. The van der Waals surface area contributed by atoms with Gasteiger partial charge in [0, 0.05) is 37.7 Å². The predicted molar refractivity (Wildman–Crippen MR) is 92.5 cm³/mol. The van der Waals surface area contributed by atoms with Crippen molar-refractivity contribution in [2.24, 2.45) is 5.92 Å². The lowest BCUT2D eigenvalue weighted by Gasteiger charge is -2.35. The molecule has 0 radical (unpaired) electrons. The Labute approximate surface area is 146 Å². The second-order valence-corrected chi connectivity index (χ2v) is 6.63. The van der Waals surface area contributed by atoms with Gasteiger partial charge in [-0.25, -0.2) is 0 Å². The van der Waals surface area contributed by atoms with Gasteiger partial charge in [0.1, 0.15) is 5.75 Å². The van der Waals surface area contributed by atoms with E-state index in [1.165, 1.54) is 0 Å². The largest absolute Gasteiger partial charge is 0.491 e. The molecular formula is C18H23N3O4. The highest BCUT2D eigenvalue weighted by molar-refractivity contribution is 5.98. The smallest absolute Gasteiger partial charge is 0.254 e. The van der Waals surface area contributed by atoms with Crippen molar-refractivity contribution in [3.8, 4) is 5.75 Å². The summed E-state index contributed by atoms with van der Waals surface area (Å²) in [6.45, 7) is 6.21. The van der Waals surface area contributed by atoms with E-state index in [1.807, 2.05) is 13.8 Å². The second-order valence-electron chi connectivity index (χ2n) is 6.63. The zero-order valence-corrected chi connectivity index (χ0v) is 14.6. The van der Waals surface area contributed by atoms with Crippen LogP contribution in [0.2, 0.25) is 0 Å².